The largest absolute Gasteiger partial charge is 0.491 e. The molecule has 0 aliphatic rings. The number of benzene rings is 1. The summed E-state index contributed by atoms with van der Waals surface area (Å²) in [7, 11) is 3.96. The molecule has 0 aromatic heterocycles. The lowest BCUT2D eigenvalue weighted by Gasteiger charge is -2.14. The van der Waals surface area contributed by atoms with Crippen molar-refractivity contribution < 1.29 is 9.53 Å². The average molecular weight is 352 g/mol. The van der Waals surface area contributed by atoms with Crippen molar-refractivity contribution in [3.63, 3.8) is 0 Å². The van der Waals surface area contributed by atoms with E-state index in [1.807, 2.05) is 44.1 Å². The molecule has 22 heavy (non-hydrogen) atoms. The van der Waals surface area contributed by atoms with Gasteiger partial charge in [0.05, 0.1) is 5.56 Å². The molecule has 1 aromatic rings. The van der Waals surface area contributed by atoms with Crippen molar-refractivity contribution in [2.45, 2.75) is 19.4 Å². The molecule has 0 saturated heterocycles. The zero-order chi connectivity index (χ0) is 15.0. The van der Waals surface area contributed by atoms with E-state index in [9.17, 15) is 4.79 Å². The van der Waals surface area contributed by atoms with Crippen LogP contribution in [0.25, 0.3) is 0 Å². The summed E-state index contributed by atoms with van der Waals surface area (Å²) in [5, 5.41) is 2.86. The molecule has 1 aromatic carbocycles. The van der Waals surface area contributed by atoms with E-state index >= 15 is 0 Å². The second-order valence-corrected chi connectivity index (χ2v) is 5.17. The highest BCUT2D eigenvalue weighted by Crippen LogP contribution is 2.17. The van der Waals surface area contributed by atoms with Crippen molar-refractivity contribution in [2.24, 2.45) is 5.73 Å². The SMILES string of the molecule is CC(N)CCNC(=O)c1ccccc1OCCN(C)C.Cl.Cl. The quantitative estimate of drug-likeness (QED) is 0.750. The van der Waals surface area contributed by atoms with Crippen LogP contribution >= 0.6 is 24.8 Å². The number of nitrogens with zero attached hydrogens (tertiary/aromatic N) is 1. The van der Waals surface area contributed by atoms with Gasteiger partial charge in [-0.25, -0.2) is 0 Å². The zero-order valence-electron chi connectivity index (χ0n) is 13.4. The summed E-state index contributed by atoms with van der Waals surface area (Å²) in [5.41, 5.74) is 6.23. The van der Waals surface area contributed by atoms with Gasteiger partial charge in [0.1, 0.15) is 12.4 Å². The Morgan fingerprint density at radius 2 is 1.95 bits per heavy atom. The molecule has 1 unspecified atom stereocenters. The minimum atomic E-state index is -0.119. The van der Waals surface area contributed by atoms with Gasteiger partial charge in [-0.3, -0.25) is 4.79 Å². The topological polar surface area (TPSA) is 67.6 Å². The van der Waals surface area contributed by atoms with Crippen molar-refractivity contribution in [3.05, 3.63) is 29.8 Å². The number of nitrogens with two attached hydrogens (primary N) is 1. The van der Waals surface area contributed by atoms with Gasteiger partial charge in [-0.05, 0) is 39.6 Å². The number of hydrogen-bond donors (Lipinski definition) is 2. The first-order valence-electron chi connectivity index (χ1n) is 6.91. The van der Waals surface area contributed by atoms with Gasteiger partial charge in [0, 0.05) is 19.1 Å². The number of hydrogen-bond acceptors (Lipinski definition) is 4. The predicted octanol–water partition coefficient (Wildman–Crippen LogP) is 1.94. The van der Waals surface area contributed by atoms with Gasteiger partial charge >= 0.3 is 0 Å². The van der Waals surface area contributed by atoms with Crippen LogP contribution in [0, 0.1) is 0 Å². The molecular weight excluding hydrogens is 325 g/mol. The molecule has 0 heterocycles. The number of amides is 1. The Labute approximate surface area is 145 Å². The number of ether oxygens (including phenoxy) is 1. The van der Waals surface area contributed by atoms with Crippen molar-refractivity contribution in [1.82, 2.24) is 10.2 Å². The van der Waals surface area contributed by atoms with Crippen LogP contribution in [0.1, 0.15) is 23.7 Å². The monoisotopic (exact) mass is 351 g/mol. The number of carbonyl (C=O) groups excluding carboxylic acids is 1. The highest BCUT2D eigenvalue weighted by atomic mass is 35.5. The standard InChI is InChI=1S/C15H25N3O2.2ClH/c1-12(16)8-9-17-15(19)13-6-4-5-7-14(13)20-11-10-18(2)3;;/h4-7,12H,8-11,16H2,1-3H3,(H,17,19);2*1H. The Bertz CT molecular complexity index is 429. The van der Waals surface area contributed by atoms with Gasteiger partial charge in [0.25, 0.3) is 5.91 Å². The first-order chi connectivity index (χ1) is 9.50. The molecule has 0 radical (unpaired) electrons. The second kappa shape index (κ2) is 12.5. The summed E-state index contributed by atoms with van der Waals surface area (Å²) in [6.07, 6.45) is 0.759. The first-order valence-corrected chi connectivity index (χ1v) is 6.91. The summed E-state index contributed by atoms with van der Waals surface area (Å²) in [5.74, 6) is 0.499. The van der Waals surface area contributed by atoms with Gasteiger partial charge in [-0.2, -0.15) is 0 Å². The Balaban J connectivity index is 0. The summed E-state index contributed by atoms with van der Waals surface area (Å²) in [4.78, 5) is 14.1. The minimum Gasteiger partial charge on any atom is -0.491 e. The fourth-order valence-electron chi connectivity index (χ4n) is 1.63. The fourth-order valence-corrected chi connectivity index (χ4v) is 1.63. The molecule has 1 amide bonds. The van der Waals surface area contributed by atoms with Gasteiger partial charge in [0.2, 0.25) is 0 Å². The molecule has 0 saturated carbocycles. The molecule has 0 fully saturated rings. The van der Waals surface area contributed by atoms with Crippen molar-refractivity contribution in [3.8, 4) is 5.75 Å². The highest BCUT2D eigenvalue weighted by Gasteiger charge is 2.11. The van der Waals surface area contributed by atoms with Gasteiger partial charge in [-0.1, -0.05) is 12.1 Å². The Kier molecular flexibility index (Phi) is 13.2. The predicted molar refractivity (Wildman–Crippen MR) is 95.6 cm³/mol. The summed E-state index contributed by atoms with van der Waals surface area (Å²) in [6, 6.07) is 7.37. The number of para-hydroxylation sites is 1. The summed E-state index contributed by atoms with van der Waals surface area (Å²) < 4.78 is 5.67. The Morgan fingerprint density at radius 3 is 2.55 bits per heavy atom. The molecule has 1 rings (SSSR count). The molecular formula is C15H27Cl2N3O2. The van der Waals surface area contributed by atoms with Crippen LogP contribution in [-0.2, 0) is 0 Å². The Hall–Kier alpha value is -1.01. The molecule has 0 bridgehead atoms. The number of carbonyl (C=O) groups is 1. The lowest BCUT2D eigenvalue weighted by Crippen LogP contribution is -2.29. The molecule has 1 atom stereocenters. The van der Waals surface area contributed by atoms with Crippen LogP contribution in [0.4, 0.5) is 0 Å². The van der Waals surface area contributed by atoms with Crippen LogP contribution in [0.3, 0.4) is 0 Å². The molecule has 0 aliphatic carbocycles. The zero-order valence-corrected chi connectivity index (χ0v) is 15.0. The highest BCUT2D eigenvalue weighted by molar-refractivity contribution is 5.96. The third kappa shape index (κ3) is 9.10. The molecule has 0 spiro atoms. The summed E-state index contributed by atoms with van der Waals surface area (Å²) in [6.45, 7) is 3.85. The number of nitrogens with one attached hydrogen (secondary N) is 1. The van der Waals surface area contributed by atoms with E-state index in [4.69, 9.17) is 10.5 Å². The Morgan fingerprint density at radius 1 is 1.32 bits per heavy atom. The van der Waals surface area contributed by atoms with Crippen LogP contribution in [0.5, 0.6) is 5.75 Å². The third-order valence-corrected chi connectivity index (χ3v) is 2.81. The molecule has 128 valence electrons. The first kappa shape index (κ1) is 23.3. The number of likely N-dealkylation sites (N-methyl/N-ethyl adjacent to an activating group) is 1. The minimum absolute atomic E-state index is 0. The van der Waals surface area contributed by atoms with Crippen LogP contribution in [0.15, 0.2) is 24.3 Å². The van der Waals surface area contributed by atoms with Crippen molar-refractivity contribution in [1.29, 1.82) is 0 Å². The van der Waals surface area contributed by atoms with Crippen molar-refractivity contribution >= 4 is 30.7 Å². The number of halogens is 2. The second-order valence-electron chi connectivity index (χ2n) is 5.17. The fraction of sp³-hybridized carbons (Fsp3) is 0.533. The van der Waals surface area contributed by atoms with Crippen LogP contribution in [0.2, 0.25) is 0 Å². The lowest BCUT2D eigenvalue weighted by molar-refractivity contribution is 0.0948. The van der Waals surface area contributed by atoms with E-state index in [1.165, 1.54) is 0 Å². The van der Waals surface area contributed by atoms with Gasteiger partial charge < -0.3 is 20.7 Å². The van der Waals surface area contributed by atoms with E-state index in [1.54, 1.807) is 6.07 Å². The van der Waals surface area contributed by atoms with E-state index in [-0.39, 0.29) is 36.8 Å². The normalized spacial score (nSPS) is 11.1. The van der Waals surface area contributed by atoms with Crippen LogP contribution in [-0.4, -0.2) is 50.6 Å². The smallest absolute Gasteiger partial charge is 0.255 e. The molecule has 7 heteroatoms. The molecule has 5 nitrogen and oxygen atoms in total. The summed E-state index contributed by atoms with van der Waals surface area (Å²) >= 11 is 0. The van der Waals surface area contributed by atoms with Gasteiger partial charge in [-0.15, -0.1) is 24.8 Å². The average Bonchev–Trinajstić information content (AvgIpc) is 2.38. The third-order valence-electron chi connectivity index (χ3n) is 2.81. The van der Waals surface area contributed by atoms with Gasteiger partial charge in [0.15, 0.2) is 0 Å². The maximum absolute atomic E-state index is 12.1. The maximum atomic E-state index is 12.1. The van der Waals surface area contributed by atoms with Crippen molar-refractivity contribution in [2.75, 3.05) is 33.8 Å². The van der Waals surface area contributed by atoms with E-state index in [0.717, 1.165) is 13.0 Å². The van der Waals surface area contributed by atoms with E-state index in [2.05, 4.69) is 5.32 Å². The maximum Gasteiger partial charge on any atom is 0.255 e. The number of rotatable bonds is 8. The molecule has 0 aliphatic heterocycles. The lowest BCUT2D eigenvalue weighted by atomic mass is 10.2. The van der Waals surface area contributed by atoms with E-state index in [0.29, 0.717) is 24.5 Å². The molecule has 3 N–H and O–H groups in total. The van der Waals surface area contributed by atoms with Crippen LogP contribution < -0.4 is 15.8 Å². The van der Waals surface area contributed by atoms with E-state index < -0.39 is 0 Å².